The number of phenols is 1. The number of rotatable bonds is 4. The van der Waals surface area contributed by atoms with Crippen molar-refractivity contribution in [2.45, 2.75) is 62.1 Å². The molecule has 4 heterocycles. The molecule has 3 aliphatic rings. The summed E-state index contributed by atoms with van der Waals surface area (Å²) in [4.78, 5) is 15.5. The van der Waals surface area contributed by atoms with Gasteiger partial charge in [0, 0.05) is 51.1 Å². The molecule has 35 heavy (non-hydrogen) atoms. The summed E-state index contributed by atoms with van der Waals surface area (Å²) in [5.74, 6) is 2.58. The van der Waals surface area contributed by atoms with Gasteiger partial charge in [-0.15, -0.1) is 10.2 Å². The van der Waals surface area contributed by atoms with Crippen LogP contribution >= 0.6 is 0 Å². The topological polar surface area (TPSA) is 98.8 Å². The van der Waals surface area contributed by atoms with Gasteiger partial charge in [-0.25, -0.2) is 18.2 Å². The molecule has 1 amide bonds. The molecule has 0 radical (unpaired) electrons. The van der Waals surface area contributed by atoms with Crippen molar-refractivity contribution in [1.82, 2.24) is 20.1 Å². The molecular weight excluding hydrogens is 461 g/mol. The number of halogens is 3. The quantitative estimate of drug-likeness (QED) is 0.636. The van der Waals surface area contributed by atoms with Crippen LogP contribution in [0.2, 0.25) is 0 Å². The van der Waals surface area contributed by atoms with Crippen LogP contribution in [0, 0.1) is 5.82 Å². The number of alkyl halides is 2. The number of aromatic nitrogens is 2. The van der Waals surface area contributed by atoms with Crippen LogP contribution in [-0.2, 0) is 4.79 Å². The number of carbonyl (C=O) groups excluding carboxylic acids is 1. The van der Waals surface area contributed by atoms with Gasteiger partial charge in [-0.05, 0) is 55.0 Å². The molecule has 3 unspecified atom stereocenters. The van der Waals surface area contributed by atoms with Gasteiger partial charge in [0.15, 0.2) is 5.82 Å². The fraction of sp³-hybridized carbons (Fsp3) is 0.542. The number of nitrogens with zero attached hydrogens (tertiary/aromatic N) is 5. The van der Waals surface area contributed by atoms with Gasteiger partial charge in [0.2, 0.25) is 5.91 Å². The van der Waals surface area contributed by atoms with Crippen molar-refractivity contribution < 1.29 is 23.1 Å². The Labute approximate surface area is 201 Å². The zero-order valence-electron chi connectivity index (χ0n) is 19.7. The standard InChI is InChI=1S/C24H29F3N6O2/c1-31-6-5-13(7-23(31)35)16-11-20(34)17(10-18(16)25)19-3-4-22(30-29-19)32(2)14-8-15-12-24(26,27)21(9-14)33(15)28/h3-4,10-11,13-15,21,34H,5-9,12,28H2,1-2H3/t13?,14-,15?,21?/m1/s1. The van der Waals surface area contributed by atoms with E-state index in [0.717, 1.165) is 0 Å². The van der Waals surface area contributed by atoms with Gasteiger partial charge in [-0.2, -0.15) is 0 Å². The van der Waals surface area contributed by atoms with Crippen molar-refractivity contribution >= 4 is 11.7 Å². The Hall–Kier alpha value is -2.92. The van der Waals surface area contributed by atoms with Crippen LogP contribution in [0.25, 0.3) is 11.3 Å². The van der Waals surface area contributed by atoms with E-state index in [-0.39, 0.29) is 60.2 Å². The number of aromatic hydroxyl groups is 1. The van der Waals surface area contributed by atoms with Crippen LogP contribution < -0.4 is 10.7 Å². The van der Waals surface area contributed by atoms with Gasteiger partial charge in [0.25, 0.3) is 5.92 Å². The molecule has 0 spiro atoms. The van der Waals surface area contributed by atoms with Crippen LogP contribution in [0.3, 0.4) is 0 Å². The summed E-state index contributed by atoms with van der Waals surface area (Å²) in [6.07, 6.45) is 1.29. The normalized spacial score (nSPS) is 28.4. The third-order valence-electron chi connectivity index (χ3n) is 7.87. The van der Waals surface area contributed by atoms with Gasteiger partial charge < -0.3 is 14.9 Å². The van der Waals surface area contributed by atoms with Crippen molar-refractivity contribution in [3.05, 3.63) is 35.6 Å². The molecular formula is C24H29F3N6O2. The SMILES string of the molecule is CN1CCC(c2cc(O)c(-c3ccc(N(C)[C@@H]4CC5CC(F)(F)C(C4)N5N)nn3)cc2F)CC1=O. The van der Waals surface area contributed by atoms with E-state index in [9.17, 15) is 23.1 Å². The average Bonchev–Trinajstić information content (AvgIpc) is 2.94. The molecule has 188 valence electrons. The second-order valence-electron chi connectivity index (χ2n) is 9.99. The summed E-state index contributed by atoms with van der Waals surface area (Å²) in [6.45, 7) is 0.537. The Morgan fingerprint density at radius 1 is 1.23 bits per heavy atom. The fourth-order valence-corrected chi connectivity index (χ4v) is 5.66. The minimum Gasteiger partial charge on any atom is -0.507 e. The van der Waals surface area contributed by atoms with Crippen LogP contribution in [0.1, 0.15) is 43.6 Å². The van der Waals surface area contributed by atoms with Gasteiger partial charge >= 0.3 is 0 Å². The smallest absolute Gasteiger partial charge is 0.266 e. The number of nitrogens with two attached hydrogens (primary N) is 1. The number of amides is 1. The van der Waals surface area contributed by atoms with Crippen LogP contribution in [0.15, 0.2) is 24.3 Å². The van der Waals surface area contributed by atoms with Crippen LogP contribution in [-0.4, -0.2) is 75.8 Å². The molecule has 2 bridgehead atoms. The molecule has 3 saturated heterocycles. The van der Waals surface area contributed by atoms with Gasteiger partial charge in [-0.3, -0.25) is 10.6 Å². The van der Waals surface area contributed by atoms with Crippen molar-refractivity contribution in [2.24, 2.45) is 5.84 Å². The van der Waals surface area contributed by atoms with E-state index in [2.05, 4.69) is 10.2 Å². The maximum atomic E-state index is 15.0. The molecule has 1 aromatic heterocycles. The van der Waals surface area contributed by atoms with Crippen molar-refractivity contribution in [2.75, 3.05) is 25.5 Å². The van der Waals surface area contributed by atoms with E-state index in [1.807, 2.05) is 4.90 Å². The first-order valence-electron chi connectivity index (χ1n) is 11.8. The van der Waals surface area contributed by atoms with Crippen LogP contribution in [0.5, 0.6) is 5.75 Å². The summed E-state index contributed by atoms with van der Waals surface area (Å²) in [5.41, 5.74) is 0.795. The van der Waals surface area contributed by atoms with Gasteiger partial charge in [0.05, 0.1) is 11.7 Å². The number of carbonyl (C=O) groups is 1. The minimum absolute atomic E-state index is 0.0522. The summed E-state index contributed by atoms with van der Waals surface area (Å²) < 4.78 is 43.5. The van der Waals surface area contributed by atoms with Crippen LogP contribution in [0.4, 0.5) is 19.0 Å². The molecule has 1 aromatic carbocycles. The number of anilines is 1. The van der Waals surface area contributed by atoms with Crippen molar-refractivity contribution in [3.63, 3.8) is 0 Å². The Morgan fingerprint density at radius 2 is 2.00 bits per heavy atom. The lowest BCUT2D eigenvalue weighted by atomic mass is 9.87. The molecule has 0 aliphatic carbocycles. The summed E-state index contributed by atoms with van der Waals surface area (Å²) in [7, 11) is 3.50. The Bertz CT molecular complexity index is 1130. The summed E-state index contributed by atoms with van der Waals surface area (Å²) >= 11 is 0. The second-order valence-corrected chi connectivity index (χ2v) is 9.99. The first kappa shape index (κ1) is 23.8. The highest BCUT2D eigenvalue weighted by atomic mass is 19.3. The van der Waals surface area contributed by atoms with Gasteiger partial charge in [-0.1, -0.05) is 0 Å². The number of phenolic OH excluding ortho intramolecular Hbond substituents is 1. The highest BCUT2D eigenvalue weighted by Crippen LogP contribution is 2.45. The zero-order valence-corrected chi connectivity index (χ0v) is 19.7. The first-order valence-corrected chi connectivity index (χ1v) is 11.8. The lowest BCUT2D eigenvalue weighted by molar-refractivity contribution is -0.132. The molecule has 3 aliphatic heterocycles. The number of hydrazine groups is 1. The molecule has 11 heteroatoms. The van der Waals surface area contributed by atoms with Gasteiger partial charge in [0.1, 0.15) is 11.6 Å². The van der Waals surface area contributed by atoms with E-state index in [4.69, 9.17) is 5.84 Å². The maximum Gasteiger partial charge on any atom is 0.266 e. The highest BCUT2D eigenvalue weighted by molar-refractivity contribution is 5.78. The number of benzene rings is 1. The molecule has 0 saturated carbocycles. The lowest BCUT2D eigenvalue weighted by Crippen LogP contribution is -2.55. The third kappa shape index (κ3) is 4.20. The molecule has 5 rings (SSSR count). The Balaban J connectivity index is 1.33. The number of piperidine rings is 2. The van der Waals surface area contributed by atoms with Crippen molar-refractivity contribution in [3.8, 4) is 17.0 Å². The number of likely N-dealkylation sites (tertiary alicyclic amines) is 1. The molecule has 3 N–H and O–H groups in total. The fourth-order valence-electron chi connectivity index (χ4n) is 5.66. The molecule has 2 aromatic rings. The third-order valence-corrected chi connectivity index (χ3v) is 7.87. The first-order chi connectivity index (χ1) is 16.5. The van der Waals surface area contributed by atoms with E-state index in [1.54, 1.807) is 31.1 Å². The lowest BCUT2D eigenvalue weighted by Gasteiger charge is -2.40. The number of fused-ring (bicyclic) bond motifs is 2. The Morgan fingerprint density at radius 3 is 2.66 bits per heavy atom. The summed E-state index contributed by atoms with van der Waals surface area (Å²) in [5, 5.41) is 20.3. The highest BCUT2D eigenvalue weighted by Gasteiger charge is 2.57. The predicted octanol–water partition coefficient (Wildman–Crippen LogP) is 2.87. The molecule has 8 nitrogen and oxygen atoms in total. The summed E-state index contributed by atoms with van der Waals surface area (Å²) in [6, 6.07) is 4.33. The van der Waals surface area contributed by atoms with E-state index in [1.165, 1.54) is 17.1 Å². The molecule has 4 atom stereocenters. The monoisotopic (exact) mass is 490 g/mol. The van der Waals surface area contributed by atoms with E-state index in [0.29, 0.717) is 30.8 Å². The Kier molecular flexibility index (Phi) is 5.87. The van der Waals surface area contributed by atoms with E-state index < -0.39 is 17.8 Å². The number of hydrogen-bond donors (Lipinski definition) is 2. The second kappa shape index (κ2) is 8.63. The maximum absolute atomic E-state index is 15.0. The zero-order chi connectivity index (χ0) is 25.1. The van der Waals surface area contributed by atoms with Crippen molar-refractivity contribution in [1.29, 1.82) is 0 Å². The minimum atomic E-state index is -2.81. The average molecular weight is 491 g/mol. The molecule has 3 fully saturated rings. The predicted molar refractivity (Wildman–Crippen MR) is 123 cm³/mol. The number of hydrogen-bond acceptors (Lipinski definition) is 7. The largest absolute Gasteiger partial charge is 0.507 e. The van der Waals surface area contributed by atoms with E-state index >= 15 is 0 Å².